The lowest BCUT2D eigenvalue weighted by Crippen LogP contribution is -2.33. The number of aliphatic imine (C=N–C) groups is 1. The Kier molecular flexibility index (Phi) is 10.2. The molecule has 4 rings (SSSR count). The van der Waals surface area contributed by atoms with E-state index >= 15 is 0 Å². The maximum absolute atomic E-state index is 13.7. The summed E-state index contributed by atoms with van der Waals surface area (Å²) in [5.41, 5.74) is 16.1. The summed E-state index contributed by atoms with van der Waals surface area (Å²) in [6.07, 6.45) is 3.10. The smallest absolute Gasteiger partial charge is 0.280 e. The molecule has 0 aromatic heterocycles. The third-order valence-electron chi connectivity index (χ3n) is 6.42. The van der Waals surface area contributed by atoms with E-state index in [2.05, 4.69) is 34.4 Å². The zero-order chi connectivity index (χ0) is 29.2. The van der Waals surface area contributed by atoms with Crippen molar-refractivity contribution in [2.24, 2.45) is 15.8 Å². The molecule has 0 fully saturated rings. The fraction of sp³-hybridized carbons (Fsp3) is 0.0938. The molecule has 9 heteroatoms. The standard InChI is InChI=1S/C32H27Cl2N5O2/c33-28-12-7-13-29(34)26(28)18-19-30(40)39(20-22-14-16-25(17-15-22)31(41)37-32(35)38-36)21-27(23-8-3-1-4-9-23)24-10-5-2-6-11-24/h1-19,27,36H,20-21H2,(H2,35,37,41)/b19-18+,38-36?. The molecule has 0 spiro atoms. The summed E-state index contributed by atoms with van der Waals surface area (Å²) in [6, 6.07) is 32.0. The molecule has 0 aliphatic heterocycles. The summed E-state index contributed by atoms with van der Waals surface area (Å²) in [5.74, 6) is -1.35. The van der Waals surface area contributed by atoms with Gasteiger partial charge in [-0.1, -0.05) is 102 Å². The largest absolute Gasteiger partial charge is 0.366 e. The summed E-state index contributed by atoms with van der Waals surface area (Å²) in [6.45, 7) is 0.664. The Morgan fingerprint density at radius 1 is 0.829 bits per heavy atom. The zero-order valence-corrected chi connectivity index (χ0v) is 23.5. The van der Waals surface area contributed by atoms with Crippen molar-refractivity contribution in [1.82, 2.24) is 4.90 Å². The van der Waals surface area contributed by atoms with E-state index in [1.54, 1.807) is 53.4 Å². The summed E-state index contributed by atoms with van der Waals surface area (Å²) in [7, 11) is 0. The van der Waals surface area contributed by atoms with Crippen molar-refractivity contribution >= 4 is 47.1 Å². The molecule has 3 N–H and O–H groups in total. The second-order valence-electron chi connectivity index (χ2n) is 9.15. The van der Waals surface area contributed by atoms with Crippen molar-refractivity contribution in [1.29, 1.82) is 5.53 Å². The maximum atomic E-state index is 13.7. The Morgan fingerprint density at radius 3 is 1.93 bits per heavy atom. The fourth-order valence-corrected chi connectivity index (χ4v) is 4.85. The van der Waals surface area contributed by atoms with E-state index in [9.17, 15) is 9.59 Å². The molecule has 206 valence electrons. The summed E-state index contributed by atoms with van der Waals surface area (Å²) in [5, 5.41) is 3.84. The minimum absolute atomic E-state index is 0.0922. The molecule has 0 radical (unpaired) electrons. The number of carbonyl (C=O) groups is 2. The normalized spacial score (nSPS) is 11.5. The van der Waals surface area contributed by atoms with Crippen LogP contribution in [0.1, 0.15) is 38.5 Å². The molecule has 0 bridgehead atoms. The summed E-state index contributed by atoms with van der Waals surface area (Å²) in [4.78, 5) is 31.3. The van der Waals surface area contributed by atoms with Crippen LogP contribution in [0.15, 0.2) is 119 Å². The number of nitrogens with two attached hydrogens (primary N) is 1. The van der Waals surface area contributed by atoms with E-state index in [4.69, 9.17) is 34.5 Å². The van der Waals surface area contributed by atoms with Gasteiger partial charge in [0.1, 0.15) is 0 Å². The first-order valence-corrected chi connectivity index (χ1v) is 13.5. The predicted octanol–water partition coefficient (Wildman–Crippen LogP) is 7.35. The van der Waals surface area contributed by atoms with Crippen LogP contribution in [0.4, 0.5) is 0 Å². The van der Waals surface area contributed by atoms with E-state index in [1.165, 1.54) is 6.08 Å². The third kappa shape index (κ3) is 7.97. The molecule has 0 aliphatic carbocycles. The van der Waals surface area contributed by atoms with Gasteiger partial charge in [-0.15, -0.1) is 5.11 Å². The lowest BCUT2D eigenvalue weighted by molar-refractivity contribution is -0.126. The molecule has 0 unspecified atom stereocenters. The number of rotatable bonds is 9. The van der Waals surface area contributed by atoms with Crippen molar-refractivity contribution in [3.8, 4) is 0 Å². The quantitative estimate of drug-likeness (QED) is 0.0928. The first-order chi connectivity index (χ1) is 19.9. The molecule has 0 saturated carbocycles. The highest BCUT2D eigenvalue weighted by molar-refractivity contribution is 6.37. The van der Waals surface area contributed by atoms with Gasteiger partial charge in [0.15, 0.2) is 0 Å². The van der Waals surface area contributed by atoms with Crippen molar-refractivity contribution in [3.63, 3.8) is 0 Å². The molecule has 4 aromatic carbocycles. The Labute approximate surface area is 248 Å². The Hall–Kier alpha value is -4.59. The van der Waals surface area contributed by atoms with Crippen LogP contribution in [0.2, 0.25) is 10.0 Å². The van der Waals surface area contributed by atoms with Crippen LogP contribution in [0.25, 0.3) is 6.08 Å². The number of amides is 2. The van der Waals surface area contributed by atoms with E-state index in [-0.39, 0.29) is 23.9 Å². The number of nitrogens with zero attached hydrogens (tertiary/aromatic N) is 3. The molecule has 0 heterocycles. The second kappa shape index (κ2) is 14.2. The van der Waals surface area contributed by atoms with Gasteiger partial charge in [-0.25, -0.2) is 5.53 Å². The number of benzene rings is 4. The van der Waals surface area contributed by atoms with E-state index in [0.717, 1.165) is 16.7 Å². The number of guanidine groups is 1. The highest BCUT2D eigenvalue weighted by atomic mass is 35.5. The predicted molar refractivity (Wildman–Crippen MR) is 163 cm³/mol. The molecule has 0 saturated heterocycles. The van der Waals surface area contributed by atoms with Crippen LogP contribution in [0.3, 0.4) is 0 Å². The fourth-order valence-electron chi connectivity index (χ4n) is 4.32. The Bertz CT molecular complexity index is 1510. The van der Waals surface area contributed by atoms with Gasteiger partial charge in [-0.05, 0) is 47.0 Å². The average molecular weight is 585 g/mol. The van der Waals surface area contributed by atoms with Gasteiger partial charge < -0.3 is 10.6 Å². The minimum Gasteiger partial charge on any atom is -0.366 e. The number of carbonyl (C=O) groups excluding carboxylic acids is 2. The summed E-state index contributed by atoms with van der Waals surface area (Å²) >= 11 is 12.7. The van der Waals surface area contributed by atoms with Crippen LogP contribution in [0, 0.1) is 5.53 Å². The van der Waals surface area contributed by atoms with E-state index < -0.39 is 11.9 Å². The topological polar surface area (TPSA) is 112 Å². The average Bonchev–Trinajstić information content (AvgIpc) is 3.00. The van der Waals surface area contributed by atoms with Gasteiger partial charge in [0.25, 0.3) is 5.91 Å². The van der Waals surface area contributed by atoms with E-state index in [1.807, 2.05) is 36.4 Å². The number of hydrogen-bond acceptors (Lipinski definition) is 3. The van der Waals surface area contributed by atoms with Crippen LogP contribution >= 0.6 is 23.2 Å². The lowest BCUT2D eigenvalue weighted by Gasteiger charge is -2.28. The molecular formula is C32H27Cl2N5O2. The van der Waals surface area contributed by atoms with Crippen molar-refractivity contribution in [3.05, 3.63) is 147 Å². The first-order valence-electron chi connectivity index (χ1n) is 12.7. The third-order valence-corrected chi connectivity index (χ3v) is 7.07. The van der Waals surface area contributed by atoms with Crippen molar-refractivity contribution in [2.75, 3.05) is 6.54 Å². The van der Waals surface area contributed by atoms with Gasteiger partial charge in [-0.3, -0.25) is 9.59 Å². The molecule has 0 atom stereocenters. The molecule has 0 aliphatic rings. The van der Waals surface area contributed by atoms with Gasteiger partial charge in [0.2, 0.25) is 11.9 Å². The van der Waals surface area contributed by atoms with Gasteiger partial charge in [0.05, 0.1) is 0 Å². The van der Waals surface area contributed by atoms with Crippen molar-refractivity contribution < 1.29 is 9.59 Å². The Morgan fingerprint density at radius 2 is 1.39 bits per heavy atom. The minimum atomic E-state index is -0.606. The summed E-state index contributed by atoms with van der Waals surface area (Å²) < 4.78 is 0. The molecule has 4 aromatic rings. The Balaban J connectivity index is 1.67. The zero-order valence-electron chi connectivity index (χ0n) is 22.0. The van der Waals surface area contributed by atoms with Gasteiger partial charge >= 0.3 is 0 Å². The molecular weight excluding hydrogens is 557 g/mol. The monoisotopic (exact) mass is 583 g/mol. The van der Waals surface area contributed by atoms with Crippen molar-refractivity contribution in [2.45, 2.75) is 12.5 Å². The number of nitrogens with one attached hydrogen (secondary N) is 1. The van der Waals surface area contributed by atoms with Gasteiger partial charge in [-0.2, -0.15) is 4.99 Å². The van der Waals surface area contributed by atoms with E-state index in [0.29, 0.717) is 22.2 Å². The van der Waals surface area contributed by atoms with Crippen LogP contribution in [-0.4, -0.2) is 29.2 Å². The first kappa shape index (κ1) is 29.4. The molecule has 2 amide bonds. The number of halogens is 2. The number of hydrogen-bond donors (Lipinski definition) is 2. The maximum Gasteiger partial charge on any atom is 0.280 e. The lowest BCUT2D eigenvalue weighted by atomic mass is 9.90. The highest BCUT2D eigenvalue weighted by Gasteiger charge is 2.21. The van der Waals surface area contributed by atoms with Crippen LogP contribution in [-0.2, 0) is 11.3 Å². The second-order valence-corrected chi connectivity index (χ2v) is 9.96. The molecule has 7 nitrogen and oxygen atoms in total. The van der Waals surface area contributed by atoms with Crippen LogP contribution < -0.4 is 5.73 Å². The molecule has 41 heavy (non-hydrogen) atoms. The highest BCUT2D eigenvalue weighted by Crippen LogP contribution is 2.28. The van der Waals surface area contributed by atoms with Crippen LogP contribution in [0.5, 0.6) is 0 Å². The van der Waals surface area contributed by atoms with Gasteiger partial charge in [0, 0.05) is 46.3 Å². The SMILES string of the molecule is N=NC(N)=NC(=O)c1ccc(CN(CC(c2ccccc2)c2ccccc2)C(=O)/C=C/c2c(Cl)cccc2Cl)cc1.